The standard InChI is InChI=1S/C16H30N4O2.ClH/c1-12(2)11-21-13(3)16-18-15(22-19-16)10-20(4)9-14-5-7-17-8-6-14;/h12-14,17H,5-11H2,1-4H3;1H. The van der Waals surface area contributed by atoms with Crippen molar-refractivity contribution in [1.29, 1.82) is 0 Å². The maximum absolute atomic E-state index is 5.72. The Morgan fingerprint density at radius 3 is 2.65 bits per heavy atom. The molecule has 1 aliphatic heterocycles. The Morgan fingerprint density at radius 2 is 2.00 bits per heavy atom. The van der Waals surface area contributed by atoms with Crippen molar-refractivity contribution in [3.63, 3.8) is 0 Å². The minimum Gasteiger partial charge on any atom is -0.370 e. The quantitative estimate of drug-likeness (QED) is 0.780. The maximum atomic E-state index is 5.72. The first kappa shape index (κ1) is 20.4. The molecule has 0 saturated carbocycles. The molecule has 23 heavy (non-hydrogen) atoms. The van der Waals surface area contributed by atoms with Crippen LogP contribution in [0.25, 0.3) is 0 Å². The molecule has 0 aliphatic carbocycles. The summed E-state index contributed by atoms with van der Waals surface area (Å²) in [5.41, 5.74) is 0. The first-order chi connectivity index (χ1) is 10.5. The summed E-state index contributed by atoms with van der Waals surface area (Å²) in [5, 5.41) is 7.45. The summed E-state index contributed by atoms with van der Waals surface area (Å²) < 4.78 is 11.1. The first-order valence-electron chi connectivity index (χ1n) is 8.38. The van der Waals surface area contributed by atoms with E-state index >= 15 is 0 Å². The number of ether oxygens (including phenoxy) is 1. The number of hydrogen-bond donors (Lipinski definition) is 1. The van der Waals surface area contributed by atoms with E-state index in [9.17, 15) is 0 Å². The van der Waals surface area contributed by atoms with E-state index in [1.807, 2.05) is 6.92 Å². The highest BCUT2D eigenvalue weighted by atomic mass is 35.5. The summed E-state index contributed by atoms with van der Waals surface area (Å²) in [5.74, 6) is 2.59. The summed E-state index contributed by atoms with van der Waals surface area (Å²) in [7, 11) is 2.12. The highest BCUT2D eigenvalue weighted by Crippen LogP contribution is 2.16. The van der Waals surface area contributed by atoms with Gasteiger partial charge in [-0.05, 0) is 51.7 Å². The molecule has 1 aliphatic rings. The lowest BCUT2D eigenvalue weighted by atomic mass is 9.98. The van der Waals surface area contributed by atoms with Crippen LogP contribution in [0.15, 0.2) is 4.52 Å². The molecule has 6 nitrogen and oxygen atoms in total. The van der Waals surface area contributed by atoms with Crippen LogP contribution in [0.2, 0.25) is 0 Å². The van der Waals surface area contributed by atoms with Gasteiger partial charge < -0.3 is 14.6 Å². The second kappa shape index (κ2) is 10.2. The highest BCUT2D eigenvalue weighted by molar-refractivity contribution is 5.85. The van der Waals surface area contributed by atoms with Crippen LogP contribution < -0.4 is 5.32 Å². The third-order valence-electron chi connectivity index (χ3n) is 3.96. The van der Waals surface area contributed by atoms with E-state index < -0.39 is 0 Å². The third-order valence-corrected chi connectivity index (χ3v) is 3.96. The molecule has 1 N–H and O–H groups in total. The van der Waals surface area contributed by atoms with Gasteiger partial charge >= 0.3 is 0 Å². The highest BCUT2D eigenvalue weighted by Gasteiger charge is 2.18. The largest absolute Gasteiger partial charge is 0.370 e. The number of piperidine rings is 1. The number of hydrogen-bond acceptors (Lipinski definition) is 6. The summed E-state index contributed by atoms with van der Waals surface area (Å²) in [6, 6.07) is 0. The van der Waals surface area contributed by atoms with E-state index in [2.05, 4.69) is 41.3 Å². The molecule has 1 saturated heterocycles. The predicted molar refractivity (Wildman–Crippen MR) is 92.7 cm³/mol. The van der Waals surface area contributed by atoms with Crippen LogP contribution in [0.3, 0.4) is 0 Å². The van der Waals surface area contributed by atoms with Gasteiger partial charge in [0.05, 0.1) is 6.54 Å². The molecular formula is C16H31ClN4O2. The molecule has 0 aromatic carbocycles. The SMILES string of the molecule is CC(C)COC(C)c1noc(CN(C)CC2CCNCC2)n1.Cl. The van der Waals surface area contributed by atoms with Gasteiger partial charge in [0, 0.05) is 13.2 Å². The zero-order valence-corrected chi connectivity index (χ0v) is 15.6. The van der Waals surface area contributed by atoms with E-state index in [1.54, 1.807) is 0 Å². The minimum atomic E-state index is -0.116. The monoisotopic (exact) mass is 346 g/mol. The molecule has 1 aromatic heterocycles. The molecule has 1 atom stereocenters. The summed E-state index contributed by atoms with van der Waals surface area (Å²) >= 11 is 0. The third kappa shape index (κ3) is 7.16. The Hall–Kier alpha value is -0.690. The van der Waals surface area contributed by atoms with Crippen LogP contribution in [0.4, 0.5) is 0 Å². The van der Waals surface area contributed by atoms with Gasteiger partial charge in [0.2, 0.25) is 5.89 Å². The lowest BCUT2D eigenvalue weighted by Crippen LogP contribution is -2.34. The average Bonchev–Trinajstić information content (AvgIpc) is 2.94. The van der Waals surface area contributed by atoms with Crippen molar-refractivity contribution in [2.24, 2.45) is 11.8 Å². The van der Waals surface area contributed by atoms with Crippen LogP contribution in [-0.2, 0) is 11.3 Å². The van der Waals surface area contributed by atoms with Gasteiger partial charge in [0.1, 0.15) is 6.10 Å². The average molecular weight is 347 g/mol. The van der Waals surface area contributed by atoms with Crippen LogP contribution in [0, 0.1) is 11.8 Å². The topological polar surface area (TPSA) is 63.4 Å². The van der Waals surface area contributed by atoms with Gasteiger partial charge in [0.25, 0.3) is 0 Å². The Bertz CT molecular complexity index is 435. The molecule has 0 amide bonds. The zero-order chi connectivity index (χ0) is 15.9. The van der Waals surface area contributed by atoms with E-state index in [0.717, 1.165) is 25.6 Å². The zero-order valence-electron chi connectivity index (χ0n) is 14.7. The van der Waals surface area contributed by atoms with Crippen molar-refractivity contribution >= 4 is 12.4 Å². The molecule has 134 valence electrons. The molecule has 2 rings (SSSR count). The number of nitrogens with one attached hydrogen (secondary N) is 1. The Balaban J connectivity index is 0.00000264. The molecular weight excluding hydrogens is 316 g/mol. The van der Waals surface area contributed by atoms with Crippen molar-refractivity contribution in [2.45, 2.75) is 46.3 Å². The van der Waals surface area contributed by atoms with Gasteiger partial charge in [-0.15, -0.1) is 12.4 Å². The van der Waals surface area contributed by atoms with Gasteiger partial charge in [-0.25, -0.2) is 0 Å². The van der Waals surface area contributed by atoms with Crippen molar-refractivity contribution in [1.82, 2.24) is 20.4 Å². The molecule has 7 heteroatoms. The number of nitrogens with zero attached hydrogens (tertiary/aromatic N) is 3. The van der Waals surface area contributed by atoms with Gasteiger partial charge in [-0.3, -0.25) is 4.90 Å². The second-order valence-electron chi connectivity index (χ2n) is 6.81. The molecule has 1 unspecified atom stereocenters. The smallest absolute Gasteiger partial charge is 0.240 e. The number of aromatic nitrogens is 2. The fourth-order valence-corrected chi connectivity index (χ4v) is 2.71. The predicted octanol–water partition coefficient (Wildman–Crippen LogP) is 2.66. The van der Waals surface area contributed by atoms with E-state index in [4.69, 9.17) is 9.26 Å². The Morgan fingerprint density at radius 1 is 1.30 bits per heavy atom. The summed E-state index contributed by atoms with van der Waals surface area (Å²) in [6.07, 6.45) is 2.38. The van der Waals surface area contributed by atoms with Crippen molar-refractivity contribution < 1.29 is 9.26 Å². The summed E-state index contributed by atoms with van der Waals surface area (Å²) in [6.45, 7) is 11.0. The van der Waals surface area contributed by atoms with Gasteiger partial charge in [-0.1, -0.05) is 19.0 Å². The molecule has 0 bridgehead atoms. The minimum absolute atomic E-state index is 0. The second-order valence-corrected chi connectivity index (χ2v) is 6.81. The van der Waals surface area contributed by atoms with Crippen molar-refractivity contribution in [2.75, 3.05) is 33.3 Å². The van der Waals surface area contributed by atoms with Gasteiger partial charge in [-0.2, -0.15) is 4.98 Å². The lowest BCUT2D eigenvalue weighted by molar-refractivity contribution is 0.0402. The van der Waals surface area contributed by atoms with Crippen LogP contribution in [0.5, 0.6) is 0 Å². The van der Waals surface area contributed by atoms with Crippen molar-refractivity contribution in [3.8, 4) is 0 Å². The summed E-state index contributed by atoms with van der Waals surface area (Å²) in [4.78, 5) is 6.74. The number of halogens is 1. The van der Waals surface area contributed by atoms with Crippen LogP contribution >= 0.6 is 12.4 Å². The van der Waals surface area contributed by atoms with Crippen molar-refractivity contribution in [3.05, 3.63) is 11.7 Å². The molecule has 2 heterocycles. The molecule has 1 aromatic rings. The lowest BCUT2D eigenvalue weighted by Gasteiger charge is -2.26. The molecule has 1 fully saturated rings. The Kier molecular flexibility index (Phi) is 9.06. The number of rotatable bonds is 8. The van der Waals surface area contributed by atoms with Gasteiger partial charge in [0.15, 0.2) is 5.82 Å². The van der Waals surface area contributed by atoms with E-state index in [-0.39, 0.29) is 18.5 Å². The normalized spacial score (nSPS) is 17.5. The van der Waals surface area contributed by atoms with E-state index in [1.165, 1.54) is 12.8 Å². The fourth-order valence-electron chi connectivity index (χ4n) is 2.71. The van der Waals surface area contributed by atoms with Crippen LogP contribution in [0.1, 0.15) is 51.4 Å². The van der Waals surface area contributed by atoms with Crippen LogP contribution in [-0.4, -0.2) is 48.3 Å². The maximum Gasteiger partial charge on any atom is 0.240 e. The van der Waals surface area contributed by atoms with E-state index in [0.29, 0.717) is 30.8 Å². The molecule has 0 spiro atoms. The molecule has 0 radical (unpaired) electrons. The fraction of sp³-hybridized carbons (Fsp3) is 0.875. The first-order valence-corrected chi connectivity index (χ1v) is 8.38. The Labute approximate surface area is 145 Å².